The first-order chi connectivity index (χ1) is 7.84. The SMILES string of the molecule is CSC(=N)OC(=[NH2+])c1ccc(C(C)(C)C)cc1. The molecule has 0 atom stereocenters. The van der Waals surface area contributed by atoms with Crippen LogP contribution in [0.2, 0.25) is 0 Å². The Kier molecular flexibility index (Phi) is 4.34. The molecule has 1 rings (SSSR count). The van der Waals surface area contributed by atoms with Crippen LogP contribution < -0.4 is 5.41 Å². The van der Waals surface area contributed by atoms with E-state index in [9.17, 15) is 0 Å². The Bertz CT molecular complexity index is 418. The lowest BCUT2D eigenvalue weighted by Crippen LogP contribution is -2.42. The third kappa shape index (κ3) is 3.89. The lowest BCUT2D eigenvalue weighted by atomic mass is 9.87. The Morgan fingerprint density at radius 2 is 1.76 bits per heavy atom. The highest BCUT2D eigenvalue weighted by molar-refractivity contribution is 8.12. The van der Waals surface area contributed by atoms with E-state index in [4.69, 9.17) is 15.6 Å². The van der Waals surface area contributed by atoms with E-state index in [1.165, 1.54) is 17.3 Å². The first-order valence-electron chi connectivity index (χ1n) is 5.38. The van der Waals surface area contributed by atoms with Gasteiger partial charge in [0.25, 0.3) is 5.23 Å². The molecule has 0 aliphatic carbocycles. The molecule has 0 saturated heterocycles. The van der Waals surface area contributed by atoms with Crippen LogP contribution >= 0.6 is 11.8 Å². The van der Waals surface area contributed by atoms with E-state index in [0.717, 1.165) is 5.56 Å². The van der Waals surface area contributed by atoms with Crippen molar-refractivity contribution in [3.05, 3.63) is 35.4 Å². The normalized spacial score (nSPS) is 11.1. The summed E-state index contributed by atoms with van der Waals surface area (Å²) in [5.74, 6) is 0.268. The largest absolute Gasteiger partial charge is 0.380 e. The zero-order chi connectivity index (χ0) is 13.1. The number of thioether (sulfide) groups is 1. The van der Waals surface area contributed by atoms with Crippen LogP contribution in [0.4, 0.5) is 0 Å². The molecule has 0 saturated carbocycles. The molecule has 0 radical (unpaired) electrons. The summed E-state index contributed by atoms with van der Waals surface area (Å²) in [5, 5.41) is 13.3. The maximum Gasteiger partial charge on any atom is 0.373 e. The molecule has 0 bridgehead atoms. The van der Waals surface area contributed by atoms with Gasteiger partial charge in [0.05, 0.1) is 5.56 Å². The minimum atomic E-state index is 0.0994. The van der Waals surface area contributed by atoms with Crippen molar-refractivity contribution >= 4 is 22.9 Å². The van der Waals surface area contributed by atoms with Gasteiger partial charge in [-0.05, 0) is 29.4 Å². The number of ether oxygens (including phenoxy) is 1. The Hall–Kier alpha value is -1.29. The molecule has 0 aliphatic heterocycles. The van der Waals surface area contributed by atoms with Gasteiger partial charge in [-0.2, -0.15) is 0 Å². The Morgan fingerprint density at radius 3 is 2.18 bits per heavy atom. The predicted octanol–water partition coefficient (Wildman–Crippen LogP) is 1.80. The second-order valence-corrected chi connectivity index (χ2v) is 5.56. The minimum absolute atomic E-state index is 0.0994. The molecular formula is C13H19N2OS+. The van der Waals surface area contributed by atoms with Gasteiger partial charge in [-0.25, -0.2) is 5.41 Å². The van der Waals surface area contributed by atoms with Gasteiger partial charge in [-0.3, -0.25) is 5.41 Å². The van der Waals surface area contributed by atoms with E-state index >= 15 is 0 Å². The minimum Gasteiger partial charge on any atom is -0.380 e. The Labute approximate surface area is 107 Å². The molecule has 92 valence electrons. The second-order valence-electron chi connectivity index (χ2n) is 4.79. The van der Waals surface area contributed by atoms with Crippen molar-refractivity contribution in [1.82, 2.24) is 0 Å². The van der Waals surface area contributed by atoms with Crippen molar-refractivity contribution in [2.45, 2.75) is 26.2 Å². The number of nitrogens with two attached hydrogens (primary N) is 1. The van der Waals surface area contributed by atoms with E-state index in [2.05, 4.69) is 20.8 Å². The fraction of sp³-hybridized carbons (Fsp3) is 0.385. The maximum absolute atomic E-state index is 7.40. The van der Waals surface area contributed by atoms with Crippen LogP contribution in [-0.4, -0.2) is 17.4 Å². The van der Waals surface area contributed by atoms with Crippen LogP contribution in [0, 0.1) is 5.41 Å². The Balaban J connectivity index is 2.81. The van der Waals surface area contributed by atoms with Gasteiger partial charge in [0, 0.05) is 0 Å². The zero-order valence-corrected chi connectivity index (χ0v) is 11.5. The molecular weight excluding hydrogens is 232 g/mol. The quantitative estimate of drug-likeness (QED) is 0.590. The lowest BCUT2D eigenvalue weighted by Gasteiger charge is -2.18. The van der Waals surface area contributed by atoms with E-state index in [1.807, 2.05) is 24.3 Å². The van der Waals surface area contributed by atoms with Gasteiger partial charge < -0.3 is 4.74 Å². The molecule has 0 heterocycles. The summed E-state index contributed by atoms with van der Waals surface area (Å²) in [6.45, 7) is 6.49. The first kappa shape index (κ1) is 13.8. The number of hydrogen-bond acceptors (Lipinski definition) is 3. The highest BCUT2D eigenvalue weighted by Crippen LogP contribution is 2.22. The summed E-state index contributed by atoms with van der Waals surface area (Å²) in [7, 11) is 0. The number of nitrogens with one attached hydrogen (secondary N) is 1. The van der Waals surface area contributed by atoms with Crippen LogP contribution in [0.15, 0.2) is 24.3 Å². The van der Waals surface area contributed by atoms with Gasteiger partial charge >= 0.3 is 5.90 Å². The molecule has 4 heteroatoms. The molecule has 0 fully saturated rings. The molecule has 17 heavy (non-hydrogen) atoms. The fourth-order valence-electron chi connectivity index (χ4n) is 1.33. The second kappa shape index (κ2) is 5.36. The smallest absolute Gasteiger partial charge is 0.373 e. The van der Waals surface area contributed by atoms with Gasteiger partial charge in [0.1, 0.15) is 0 Å². The van der Waals surface area contributed by atoms with Crippen LogP contribution in [0.5, 0.6) is 0 Å². The zero-order valence-electron chi connectivity index (χ0n) is 10.7. The van der Waals surface area contributed by atoms with E-state index in [0.29, 0.717) is 0 Å². The third-order valence-electron chi connectivity index (χ3n) is 2.42. The van der Waals surface area contributed by atoms with Crippen LogP contribution in [0.1, 0.15) is 31.9 Å². The standard InChI is InChI=1S/C13H18N2OS/c1-13(2,3)10-7-5-9(6-8-10)11(14)16-12(15)17-4/h5-8,14-15H,1-4H3/p+1. The van der Waals surface area contributed by atoms with Gasteiger partial charge in [0.15, 0.2) is 0 Å². The highest BCUT2D eigenvalue weighted by atomic mass is 32.2. The fourth-order valence-corrected chi connectivity index (χ4v) is 1.51. The summed E-state index contributed by atoms with van der Waals surface area (Å²) >= 11 is 1.22. The maximum atomic E-state index is 7.40. The summed E-state index contributed by atoms with van der Waals surface area (Å²) in [6, 6.07) is 7.91. The van der Waals surface area contributed by atoms with Crippen molar-refractivity contribution in [3.63, 3.8) is 0 Å². The summed E-state index contributed by atoms with van der Waals surface area (Å²) in [6.07, 6.45) is 1.78. The van der Waals surface area contributed by atoms with Gasteiger partial charge in [-0.1, -0.05) is 44.7 Å². The molecule has 0 spiro atoms. The number of rotatable bonds is 1. The van der Waals surface area contributed by atoms with Crippen LogP contribution in [0.25, 0.3) is 0 Å². The van der Waals surface area contributed by atoms with Crippen LogP contribution in [0.3, 0.4) is 0 Å². The van der Waals surface area contributed by atoms with Crippen molar-refractivity contribution in [1.29, 1.82) is 5.41 Å². The summed E-state index contributed by atoms with van der Waals surface area (Å²) in [4.78, 5) is 0. The molecule has 0 unspecified atom stereocenters. The molecule has 0 aliphatic rings. The topological polar surface area (TPSA) is 58.7 Å². The third-order valence-corrected chi connectivity index (χ3v) is 2.88. The molecule has 1 aromatic rings. The summed E-state index contributed by atoms with van der Waals surface area (Å²) in [5.41, 5.74) is 2.17. The predicted molar refractivity (Wildman–Crippen MR) is 73.5 cm³/mol. The van der Waals surface area contributed by atoms with Gasteiger partial charge in [-0.15, -0.1) is 0 Å². The van der Waals surface area contributed by atoms with E-state index < -0.39 is 0 Å². The Morgan fingerprint density at radius 1 is 1.24 bits per heavy atom. The first-order valence-corrected chi connectivity index (χ1v) is 6.61. The van der Waals surface area contributed by atoms with E-state index in [1.54, 1.807) is 6.26 Å². The average Bonchev–Trinajstić information content (AvgIpc) is 2.27. The number of hydrogen-bond donors (Lipinski definition) is 2. The number of benzene rings is 1. The van der Waals surface area contributed by atoms with Crippen molar-refractivity contribution in [3.8, 4) is 0 Å². The molecule has 0 amide bonds. The molecule has 0 aromatic heterocycles. The summed E-state index contributed by atoms with van der Waals surface area (Å²) < 4.78 is 5.15. The monoisotopic (exact) mass is 251 g/mol. The van der Waals surface area contributed by atoms with Gasteiger partial charge in [0.2, 0.25) is 0 Å². The van der Waals surface area contributed by atoms with Crippen molar-refractivity contribution < 1.29 is 10.1 Å². The molecule has 1 aromatic carbocycles. The molecule has 3 N–H and O–H groups in total. The van der Waals surface area contributed by atoms with Crippen molar-refractivity contribution in [2.75, 3.05) is 6.26 Å². The average molecular weight is 251 g/mol. The lowest BCUT2D eigenvalue weighted by molar-refractivity contribution is -0.130. The molecule has 3 nitrogen and oxygen atoms in total. The van der Waals surface area contributed by atoms with Crippen LogP contribution in [-0.2, 0) is 10.2 Å². The highest BCUT2D eigenvalue weighted by Gasteiger charge is 2.16. The van der Waals surface area contributed by atoms with Crippen molar-refractivity contribution in [2.24, 2.45) is 0 Å². The van der Waals surface area contributed by atoms with E-state index in [-0.39, 0.29) is 16.5 Å².